The molecule has 3 heteroatoms. The van der Waals surface area contributed by atoms with Crippen molar-refractivity contribution in [3.05, 3.63) is 0 Å². The van der Waals surface area contributed by atoms with Gasteiger partial charge in [-0.25, -0.2) is 0 Å². The fourth-order valence-electron chi connectivity index (χ4n) is 1.34. The standard InChI is InChI=1S/C10H21NOS/c1-5-11-9(13)6-8(4)10(12)7(2)3/h7-9,11,13H,5-6H2,1-4H3. The second kappa shape index (κ2) is 6.44. The van der Waals surface area contributed by atoms with E-state index in [1.54, 1.807) is 0 Å². The zero-order valence-corrected chi connectivity index (χ0v) is 9.90. The average molecular weight is 203 g/mol. The first kappa shape index (κ1) is 13.0. The van der Waals surface area contributed by atoms with Gasteiger partial charge in [-0.3, -0.25) is 4.79 Å². The number of nitrogens with one attached hydrogen (secondary N) is 1. The van der Waals surface area contributed by atoms with Crippen molar-refractivity contribution in [1.29, 1.82) is 0 Å². The number of carbonyl (C=O) groups excluding carboxylic acids is 1. The zero-order chi connectivity index (χ0) is 10.4. The maximum atomic E-state index is 11.5. The summed E-state index contributed by atoms with van der Waals surface area (Å²) < 4.78 is 0. The van der Waals surface area contributed by atoms with E-state index in [2.05, 4.69) is 17.9 Å². The maximum absolute atomic E-state index is 11.5. The van der Waals surface area contributed by atoms with Crippen molar-refractivity contribution in [2.45, 2.75) is 39.5 Å². The lowest BCUT2D eigenvalue weighted by atomic mass is 9.94. The minimum atomic E-state index is 0.113. The molecule has 0 aromatic heterocycles. The van der Waals surface area contributed by atoms with Crippen molar-refractivity contribution in [3.8, 4) is 0 Å². The lowest BCUT2D eigenvalue weighted by Gasteiger charge is -2.17. The van der Waals surface area contributed by atoms with Crippen molar-refractivity contribution in [2.75, 3.05) is 6.54 Å². The molecule has 13 heavy (non-hydrogen) atoms. The SMILES string of the molecule is CCNC(S)CC(C)C(=O)C(C)C. The summed E-state index contributed by atoms with van der Waals surface area (Å²) in [6.07, 6.45) is 0.813. The summed E-state index contributed by atoms with van der Waals surface area (Å²) in [6.45, 7) is 8.80. The Labute approximate surface area is 86.9 Å². The van der Waals surface area contributed by atoms with Gasteiger partial charge in [0.1, 0.15) is 5.78 Å². The highest BCUT2D eigenvalue weighted by atomic mass is 32.1. The van der Waals surface area contributed by atoms with Gasteiger partial charge in [-0.1, -0.05) is 27.7 Å². The van der Waals surface area contributed by atoms with E-state index in [1.807, 2.05) is 27.7 Å². The average Bonchev–Trinajstić information content (AvgIpc) is 2.03. The van der Waals surface area contributed by atoms with Gasteiger partial charge in [0.05, 0.1) is 5.37 Å². The van der Waals surface area contributed by atoms with Crippen LogP contribution in [0.5, 0.6) is 0 Å². The van der Waals surface area contributed by atoms with Gasteiger partial charge < -0.3 is 5.32 Å². The summed E-state index contributed by atoms with van der Waals surface area (Å²) in [5, 5.41) is 3.32. The lowest BCUT2D eigenvalue weighted by Crippen LogP contribution is -2.29. The van der Waals surface area contributed by atoms with E-state index in [9.17, 15) is 4.79 Å². The molecule has 0 fully saturated rings. The minimum absolute atomic E-state index is 0.113. The van der Waals surface area contributed by atoms with Gasteiger partial charge in [-0.05, 0) is 13.0 Å². The number of carbonyl (C=O) groups is 1. The van der Waals surface area contributed by atoms with Crippen LogP contribution in [0.15, 0.2) is 0 Å². The maximum Gasteiger partial charge on any atom is 0.138 e. The van der Waals surface area contributed by atoms with E-state index in [-0.39, 0.29) is 17.2 Å². The fourth-order valence-corrected chi connectivity index (χ4v) is 1.84. The monoisotopic (exact) mass is 203 g/mol. The van der Waals surface area contributed by atoms with Crippen LogP contribution in [0.2, 0.25) is 0 Å². The second-order valence-electron chi connectivity index (χ2n) is 3.77. The Morgan fingerprint density at radius 2 is 1.92 bits per heavy atom. The fraction of sp³-hybridized carbons (Fsp3) is 0.900. The predicted octanol–water partition coefficient (Wildman–Crippen LogP) is 2.10. The Balaban J connectivity index is 3.85. The molecule has 0 aliphatic heterocycles. The number of rotatable bonds is 6. The van der Waals surface area contributed by atoms with Gasteiger partial charge in [0.25, 0.3) is 0 Å². The van der Waals surface area contributed by atoms with Crippen LogP contribution in [-0.4, -0.2) is 17.7 Å². The summed E-state index contributed by atoms with van der Waals surface area (Å²) in [7, 11) is 0. The molecule has 0 saturated heterocycles. The quantitative estimate of drug-likeness (QED) is 0.511. The van der Waals surface area contributed by atoms with Crippen LogP contribution < -0.4 is 5.32 Å². The molecule has 0 bridgehead atoms. The molecule has 0 amide bonds. The molecule has 0 rings (SSSR count). The number of thiol groups is 1. The van der Waals surface area contributed by atoms with Crippen LogP contribution in [0, 0.1) is 11.8 Å². The molecule has 2 unspecified atom stereocenters. The van der Waals surface area contributed by atoms with Crippen LogP contribution in [0.1, 0.15) is 34.1 Å². The number of hydrogen-bond acceptors (Lipinski definition) is 3. The molecule has 78 valence electrons. The summed E-state index contributed by atoms with van der Waals surface area (Å²) in [4.78, 5) is 11.5. The largest absolute Gasteiger partial charge is 0.306 e. The molecule has 0 saturated carbocycles. The molecule has 0 aromatic carbocycles. The minimum Gasteiger partial charge on any atom is -0.306 e. The highest BCUT2D eigenvalue weighted by Gasteiger charge is 2.18. The van der Waals surface area contributed by atoms with Gasteiger partial charge >= 0.3 is 0 Å². The highest BCUT2D eigenvalue weighted by Crippen LogP contribution is 2.14. The van der Waals surface area contributed by atoms with E-state index in [4.69, 9.17) is 0 Å². The van der Waals surface area contributed by atoms with Crippen LogP contribution in [-0.2, 0) is 4.79 Å². The molecular weight excluding hydrogens is 182 g/mol. The Bertz CT molecular complexity index is 159. The molecule has 0 heterocycles. The lowest BCUT2D eigenvalue weighted by molar-refractivity contribution is -0.125. The third-order valence-corrected chi connectivity index (χ3v) is 2.46. The van der Waals surface area contributed by atoms with Crippen molar-refractivity contribution in [1.82, 2.24) is 5.32 Å². The first-order chi connectivity index (χ1) is 5.99. The summed E-state index contributed by atoms with van der Waals surface area (Å²) >= 11 is 4.35. The van der Waals surface area contributed by atoms with Crippen LogP contribution in [0.25, 0.3) is 0 Å². The smallest absolute Gasteiger partial charge is 0.138 e. The Morgan fingerprint density at radius 3 is 2.31 bits per heavy atom. The van der Waals surface area contributed by atoms with Crippen molar-refractivity contribution < 1.29 is 4.79 Å². The van der Waals surface area contributed by atoms with E-state index in [1.165, 1.54) is 0 Å². The molecular formula is C10H21NOS. The Morgan fingerprint density at radius 1 is 1.38 bits per heavy atom. The molecule has 2 atom stereocenters. The van der Waals surface area contributed by atoms with Crippen LogP contribution in [0.4, 0.5) is 0 Å². The van der Waals surface area contributed by atoms with E-state index >= 15 is 0 Å². The van der Waals surface area contributed by atoms with Gasteiger partial charge in [0.15, 0.2) is 0 Å². The topological polar surface area (TPSA) is 29.1 Å². The number of Topliss-reactive ketones (excluding diaryl/α,β-unsaturated/α-hetero) is 1. The molecule has 0 radical (unpaired) electrons. The van der Waals surface area contributed by atoms with Crippen LogP contribution >= 0.6 is 12.6 Å². The summed E-state index contributed by atoms with van der Waals surface area (Å²) in [5.41, 5.74) is 0. The second-order valence-corrected chi connectivity index (χ2v) is 4.39. The third kappa shape index (κ3) is 5.32. The molecule has 0 spiro atoms. The molecule has 2 nitrogen and oxygen atoms in total. The Hall–Kier alpha value is -0.0200. The predicted molar refractivity (Wildman–Crippen MR) is 60.1 cm³/mol. The van der Waals surface area contributed by atoms with E-state index in [0.29, 0.717) is 5.78 Å². The van der Waals surface area contributed by atoms with Gasteiger partial charge in [0.2, 0.25) is 0 Å². The van der Waals surface area contributed by atoms with Crippen molar-refractivity contribution in [2.24, 2.45) is 11.8 Å². The third-order valence-electron chi connectivity index (χ3n) is 2.07. The number of hydrogen-bond donors (Lipinski definition) is 2. The van der Waals surface area contributed by atoms with Gasteiger partial charge in [-0.2, -0.15) is 12.6 Å². The summed E-state index contributed by atoms with van der Waals surface area (Å²) in [6, 6.07) is 0. The molecule has 0 aliphatic carbocycles. The van der Waals surface area contributed by atoms with Gasteiger partial charge in [-0.15, -0.1) is 0 Å². The first-order valence-corrected chi connectivity index (χ1v) is 5.45. The van der Waals surface area contributed by atoms with E-state index < -0.39 is 0 Å². The summed E-state index contributed by atoms with van der Waals surface area (Å²) in [5.74, 6) is 0.579. The molecule has 1 N–H and O–H groups in total. The van der Waals surface area contributed by atoms with Crippen molar-refractivity contribution >= 4 is 18.4 Å². The van der Waals surface area contributed by atoms with E-state index in [0.717, 1.165) is 13.0 Å². The molecule has 0 aromatic rings. The first-order valence-electron chi connectivity index (χ1n) is 4.94. The van der Waals surface area contributed by atoms with Crippen LogP contribution in [0.3, 0.4) is 0 Å². The van der Waals surface area contributed by atoms with Gasteiger partial charge in [0, 0.05) is 11.8 Å². The highest BCUT2D eigenvalue weighted by molar-refractivity contribution is 7.80. The zero-order valence-electron chi connectivity index (χ0n) is 9.00. The number of ketones is 1. The van der Waals surface area contributed by atoms with Crippen molar-refractivity contribution in [3.63, 3.8) is 0 Å². The molecule has 0 aliphatic rings. The Kier molecular flexibility index (Phi) is 6.43. The normalized spacial score (nSPS) is 15.8.